The molecule has 3 nitrogen and oxygen atoms in total. The van der Waals surface area contributed by atoms with Crippen LogP contribution < -0.4 is 11.1 Å². The molecule has 0 saturated heterocycles. The van der Waals surface area contributed by atoms with E-state index < -0.39 is 0 Å². The number of nitrogens with one attached hydrogen (secondary N) is 1. The number of hydrogen-bond donors (Lipinski definition) is 2. The number of hydrogen-bond acceptors (Lipinski definition) is 1. The van der Waals surface area contributed by atoms with Gasteiger partial charge in [-0.25, -0.2) is 0 Å². The monoisotopic (exact) mass is 239 g/mol. The summed E-state index contributed by atoms with van der Waals surface area (Å²) in [6.07, 6.45) is 5.30. The van der Waals surface area contributed by atoms with Crippen molar-refractivity contribution in [3.63, 3.8) is 0 Å². The summed E-state index contributed by atoms with van der Waals surface area (Å²) in [5.74, 6) is 1.99. The zero-order valence-corrected chi connectivity index (χ0v) is 11.9. The van der Waals surface area contributed by atoms with Gasteiger partial charge in [-0.3, -0.25) is 4.99 Å². The zero-order valence-electron chi connectivity index (χ0n) is 11.9. The molecule has 0 spiro atoms. The summed E-state index contributed by atoms with van der Waals surface area (Å²) in [6.45, 7) is 10.8. The second-order valence-electron chi connectivity index (χ2n) is 6.43. The standard InChI is InChI=1S/C14H29N3/c1-11(2)8-14(6-5-7-14)10-17-13(15)16-9-12(3)4/h11-12H,5-10H2,1-4H3,(H3,15,16,17). The molecule has 0 aromatic rings. The lowest BCUT2D eigenvalue weighted by atomic mass is 9.64. The van der Waals surface area contributed by atoms with Crippen molar-refractivity contribution in [2.24, 2.45) is 28.0 Å². The fourth-order valence-corrected chi connectivity index (χ4v) is 2.59. The molecule has 0 aromatic carbocycles. The Labute approximate surface area is 106 Å². The van der Waals surface area contributed by atoms with Crippen molar-refractivity contribution >= 4 is 5.96 Å². The van der Waals surface area contributed by atoms with Crippen molar-refractivity contribution in [1.82, 2.24) is 5.32 Å². The molecule has 3 heteroatoms. The summed E-state index contributed by atoms with van der Waals surface area (Å²) in [5, 5.41) is 3.18. The van der Waals surface area contributed by atoms with E-state index in [0.717, 1.165) is 19.0 Å². The first kappa shape index (κ1) is 14.3. The maximum atomic E-state index is 5.88. The zero-order chi connectivity index (χ0) is 12.9. The molecular formula is C14H29N3. The van der Waals surface area contributed by atoms with Crippen molar-refractivity contribution < 1.29 is 0 Å². The van der Waals surface area contributed by atoms with E-state index >= 15 is 0 Å². The topological polar surface area (TPSA) is 50.4 Å². The predicted molar refractivity (Wildman–Crippen MR) is 75.1 cm³/mol. The third-order valence-corrected chi connectivity index (χ3v) is 3.53. The maximum Gasteiger partial charge on any atom is 0.188 e. The van der Waals surface area contributed by atoms with E-state index in [9.17, 15) is 0 Å². The van der Waals surface area contributed by atoms with Crippen LogP contribution in [-0.4, -0.2) is 19.0 Å². The van der Waals surface area contributed by atoms with E-state index in [-0.39, 0.29) is 0 Å². The van der Waals surface area contributed by atoms with Gasteiger partial charge in [-0.05, 0) is 36.5 Å². The fourth-order valence-electron chi connectivity index (χ4n) is 2.59. The molecule has 17 heavy (non-hydrogen) atoms. The minimum absolute atomic E-state index is 0.457. The van der Waals surface area contributed by atoms with Gasteiger partial charge in [-0.1, -0.05) is 34.1 Å². The normalized spacial score (nSPS) is 19.5. The average molecular weight is 239 g/mol. The van der Waals surface area contributed by atoms with E-state index in [2.05, 4.69) is 38.0 Å². The summed E-state index contributed by atoms with van der Waals surface area (Å²) < 4.78 is 0. The van der Waals surface area contributed by atoms with Crippen molar-refractivity contribution in [2.45, 2.75) is 53.4 Å². The molecule has 0 bridgehead atoms. The Morgan fingerprint density at radius 3 is 2.29 bits per heavy atom. The Kier molecular flexibility index (Phi) is 5.29. The summed E-state index contributed by atoms with van der Waals surface area (Å²) in [7, 11) is 0. The van der Waals surface area contributed by atoms with Crippen LogP contribution in [0.2, 0.25) is 0 Å². The van der Waals surface area contributed by atoms with E-state index in [1.54, 1.807) is 0 Å². The quantitative estimate of drug-likeness (QED) is 0.553. The molecule has 0 heterocycles. The largest absolute Gasteiger partial charge is 0.370 e. The summed E-state index contributed by atoms with van der Waals surface area (Å²) in [6, 6.07) is 0. The van der Waals surface area contributed by atoms with Gasteiger partial charge in [0, 0.05) is 13.1 Å². The first-order chi connectivity index (χ1) is 7.93. The Morgan fingerprint density at radius 2 is 1.88 bits per heavy atom. The molecule has 0 amide bonds. The van der Waals surface area contributed by atoms with Crippen molar-refractivity contribution in [1.29, 1.82) is 0 Å². The molecule has 0 radical (unpaired) electrons. The Morgan fingerprint density at radius 1 is 1.24 bits per heavy atom. The molecule has 100 valence electrons. The van der Waals surface area contributed by atoms with Gasteiger partial charge in [-0.15, -0.1) is 0 Å². The van der Waals surface area contributed by atoms with Gasteiger partial charge in [0.2, 0.25) is 0 Å². The summed E-state index contributed by atoms with van der Waals surface area (Å²) >= 11 is 0. The van der Waals surface area contributed by atoms with Gasteiger partial charge >= 0.3 is 0 Å². The highest BCUT2D eigenvalue weighted by molar-refractivity contribution is 5.77. The van der Waals surface area contributed by atoms with Gasteiger partial charge < -0.3 is 11.1 Å². The van der Waals surface area contributed by atoms with Crippen LogP contribution in [0.5, 0.6) is 0 Å². The van der Waals surface area contributed by atoms with Gasteiger partial charge in [0.05, 0.1) is 0 Å². The van der Waals surface area contributed by atoms with E-state index in [1.807, 2.05) is 0 Å². The first-order valence-electron chi connectivity index (χ1n) is 6.97. The second-order valence-corrected chi connectivity index (χ2v) is 6.43. The molecule has 0 unspecified atom stereocenters. The Bertz CT molecular complexity index is 252. The lowest BCUT2D eigenvalue weighted by molar-refractivity contribution is 0.111. The molecule has 3 N–H and O–H groups in total. The highest BCUT2D eigenvalue weighted by atomic mass is 15.1. The van der Waals surface area contributed by atoms with Gasteiger partial charge in [0.25, 0.3) is 0 Å². The number of rotatable bonds is 6. The van der Waals surface area contributed by atoms with Gasteiger partial charge in [-0.2, -0.15) is 0 Å². The molecule has 1 rings (SSSR count). The predicted octanol–water partition coefficient (Wildman–Crippen LogP) is 2.76. The third-order valence-electron chi connectivity index (χ3n) is 3.53. The van der Waals surface area contributed by atoms with Crippen LogP contribution in [0.3, 0.4) is 0 Å². The van der Waals surface area contributed by atoms with E-state index in [0.29, 0.717) is 17.3 Å². The van der Waals surface area contributed by atoms with Crippen LogP contribution in [0.4, 0.5) is 0 Å². The fraction of sp³-hybridized carbons (Fsp3) is 0.929. The van der Waals surface area contributed by atoms with E-state index in [1.165, 1.54) is 25.7 Å². The molecule has 1 aliphatic rings. The smallest absolute Gasteiger partial charge is 0.188 e. The number of guanidine groups is 1. The molecule has 1 fully saturated rings. The molecule has 1 saturated carbocycles. The van der Waals surface area contributed by atoms with E-state index in [4.69, 9.17) is 5.73 Å². The maximum absolute atomic E-state index is 5.88. The number of nitrogens with zero attached hydrogens (tertiary/aromatic N) is 1. The van der Waals surface area contributed by atoms with Crippen LogP contribution in [-0.2, 0) is 0 Å². The Balaban J connectivity index is 2.38. The molecule has 1 aliphatic carbocycles. The SMILES string of the molecule is CC(C)CNC(N)=NCC1(CC(C)C)CCC1. The van der Waals surface area contributed by atoms with Crippen molar-refractivity contribution in [3.05, 3.63) is 0 Å². The van der Waals surface area contributed by atoms with Crippen LogP contribution in [0.1, 0.15) is 53.4 Å². The highest BCUT2D eigenvalue weighted by Crippen LogP contribution is 2.46. The lowest BCUT2D eigenvalue weighted by Crippen LogP contribution is -2.38. The van der Waals surface area contributed by atoms with Crippen LogP contribution in [0.15, 0.2) is 4.99 Å². The van der Waals surface area contributed by atoms with Gasteiger partial charge in [0.15, 0.2) is 5.96 Å². The van der Waals surface area contributed by atoms with Crippen molar-refractivity contribution in [3.8, 4) is 0 Å². The highest BCUT2D eigenvalue weighted by Gasteiger charge is 2.37. The second kappa shape index (κ2) is 6.27. The Hall–Kier alpha value is -0.730. The van der Waals surface area contributed by atoms with Crippen LogP contribution in [0, 0.1) is 17.3 Å². The first-order valence-corrected chi connectivity index (χ1v) is 6.97. The van der Waals surface area contributed by atoms with Crippen LogP contribution >= 0.6 is 0 Å². The minimum atomic E-state index is 0.457. The molecule has 0 aliphatic heterocycles. The minimum Gasteiger partial charge on any atom is -0.370 e. The molecule has 0 aromatic heterocycles. The summed E-state index contributed by atoms with van der Waals surface area (Å²) in [5.41, 5.74) is 6.33. The molecule has 0 atom stereocenters. The summed E-state index contributed by atoms with van der Waals surface area (Å²) in [4.78, 5) is 4.53. The molecular weight excluding hydrogens is 210 g/mol. The van der Waals surface area contributed by atoms with Crippen molar-refractivity contribution in [2.75, 3.05) is 13.1 Å². The third kappa shape index (κ3) is 4.97. The van der Waals surface area contributed by atoms with Crippen LogP contribution in [0.25, 0.3) is 0 Å². The number of nitrogens with two attached hydrogens (primary N) is 1. The lowest BCUT2D eigenvalue weighted by Gasteiger charge is -2.42. The van der Waals surface area contributed by atoms with Gasteiger partial charge in [0.1, 0.15) is 0 Å². The number of aliphatic imine (C=N–C) groups is 1. The average Bonchev–Trinajstić information content (AvgIpc) is 2.18.